The number of amides is 1. The van der Waals surface area contributed by atoms with Gasteiger partial charge in [-0.2, -0.15) is 0 Å². The van der Waals surface area contributed by atoms with Crippen molar-refractivity contribution in [2.24, 2.45) is 0 Å². The van der Waals surface area contributed by atoms with Crippen LogP contribution < -0.4 is 10.0 Å². The van der Waals surface area contributed by atoms with E-state index in [1.807, 2.05) is 43.3 Å². The topological polar surface area (TPSA) is 75.3 Å². The van der Waals surface area contributed by atoms with Crippen LogP contribution in [0.5, 0.6) is 0 Å². The summed E-state index contributed by atoms with van der Waals surface area (Å²) >= 11 is 6.12. The van der Waals surface area contributed by atoms with Crippen LogP contribution >= 0.6 is 11.6 Å². The molecule has 7 heteroatoms. The molecule has 1 amide bonds. The van der Waals surface area contributed by atoms with Gasteiger partial charge >= 0.3 is 0 Å². The molecule has 0 fully saturated rings. The van der Waals surface area contributed by atoms with Crippen LogP contribution in [0.15, 0.2) is 77.7 Å². The molecule has 3 aromatic rings. The Morgan fingerprint density at radius 2 is 1.77 bits per heavy atom. The predicted octanol–water partition coefficient (Wildman–Crippen LogP) is 4.23. The molecule has 152 valence electrons. The minimum Gasteiger partial charge on any atom is -0.341 e. The number of rotatable bonds is 5. The van der Waals surface area contributed by atoms with E-state index in [1.165, 1.54) is 18.2 Å². The second kappa shape index (κ2) is 9.49. The van der Waals surface area contributed by atoms with Gasteiger partial charge in [-0.25, -0.2) is 8.42 Å². The maximum absolute atomic E-state index is 12.7. The van der Waals surface area contributed by atoms with Crippen molar-refractivity contribution in [1.29, 1.82) is 0 Å². The van der Waals surface area contributed by atoms with E-state index in [0.29, 0.717) is 5.69 Å². The zero-order valence-electron chi connectivity index (χ0n) is 16.1. The van der Waals surface area contributed by atoms with Crippen LogP contribution in [0.1, 0.15) is 21.5 Å². The number of aryl methyl sites for hydroxylation is 1. The van der Waals surface area contributed by atoms with E-state index in [-0.39, 0.29) is 22.0 Å². The van der Waals surface area contributed by atoms with Crippen molar-refractivity contribution in [3.05, 3.63) is 94.5 Å². The summed E-state index contributed by atoms with van der Waals surface area (Å²) in [6.07, 6.45) is 0. The Hall–Kier alpha value is -3.27. The molecule has 0 spiro atoms. The molecule has 0 aliphatic rings. The molecule has 0 unspecified atom stereocenters. The number of nitrogens with one attached hydrogen (secondary N) is 2. The third-order valence-electron chi connectivity index (χ3n) is 4.11. The number of hydrogen-bond donors (Lipinski definition) is 2. The molecule has 0 saturated carbocycles. The van der Waals surface area contributed by atoms with Crippen molar-refractivity contribution < 1.29 is 13.2 Å². The van der Waals surface area contributed by atoms with Gasteiger partial charge in [-0.15, -0.1) is 0 Å². The fourth-order valence-corrected chi connectivity index (χ4v) is 3.93. The number of sulfonamides is 1. The summed E-state index contributed by atoms with van der Waals surface area (Å²) < 4.78 is 27.9. The largest absolute Gasteiger partial charge is 0.341 e. The summed E-state index contributed by atoms with van der Waals surface area (Å²) in [4.78, 5) is 12.4. The molecule has 3 aromatic carbocycles. The van der Waals surface area contributed by atoms with Crippen molar-refractivity contribution in [3.63, 3.8) is 0 Å². The highest BCUT2D eigenvalue weighted by Gasteiger charge is 2.19. The third-order valence-corrected chi connectivity index (χ3v) is 5.82. The van der Waals surface area contributed by atoms with Crippen LogP contribution in [0.25, 0.3) is 0 Å². The van der Waals surface area contributed by atoms with Crippen LogP contribution in [0.3, 0.4) is 0 Å². The smallest absolute Gasteiger partial charge is 0.261 e. The Morgan fingerprint density at radius 1 is 1.00 bits per heavy atom. The van der Waals surface area contributed by atoms with Gasteiger partial charge in [-0.05, 0) is 55.0 Å². The van der Waals surface area contributed by atoms with Gasteiger partial charge < -0.3 is 5.32 Å². The Kier molecular flexibility index (Phi) is 6.78. The van der Waals surface area contributed by atoms with Gasteiger partial charge in [0.15, 0.2) is 0 Å². The van der Waals surface area contributed by atoms with Crippen molar-refractivity contribution >= 4 is 33.2 Å². The van der Waals surface area contributed by atoms with Crippen LogP contribution in [0.2, 0.25) is 5.02 Å². The lowest BCUT2D eigenvalue weighted by Crippen LogP contribution is -2.24. The molecule has 3 rings (SSSR count). The monoisotopic (exact) mass is 438 g/mol. The Bertz CT molecular complexity index is 1230. The maximum atomic E-state index is 12.7. The Labute approximate surface area is 181 Å². The van der Waals surface area contributed by atoms with Crippen LogP contribution in [-0.2, 0) is 10.0 Å². The average Bonchev–Trinajstić information content (AvgIpc) is 2.71. The second-order valence-electron chi connectivity index (χ2n) is 6.47. The average molecular weight is 439 g/mol. The number of benzene rings is 3. The molecular weight excluding hydrogens is 420 g/mol. The SMILES string of the molecule is Cc1cccc(NS(=O)(=O)c2ccc(Cl)c(C(=O)NCC#Cc3ccccc3)c2)c1. The van der Waals surface area contributed by atoms with Crippen LogP contribution in [0.4, 0.5) is 5.69 Å². The van der Waals surface area contributed by atoms with E-state index in [9.17, 15) is 13.2 Å². The first-order chi connectivity index (χ1) is 14.3. The molecule has 0 aliphatic heterocycles. The van der Waals surface area contributed by atoms with E-state index >= 15 is 0 Å². The van der Waals surface area contributed by atoms with Gasteiger partial charge in [0.05, 0.1) is 22.0 Å². The van der Waals surface area contributed by atoms with E-state index in [4.69, 9.17) is 11.6 Å². The summed E-state index contributed by atoms with van der Waals surface area (Å²) in [7, 11) is -3.88. The number of anilines is 1. The zero-order valence-corrected chi connectivity index (χ0v) is 17.7. The van der Waals surface area contributed by atoms with Gasteiger partial charge in [0, 0.05) is 11.3 Å². The lowest BCUT2D eigenvalue weighted by atomic mass is 10.2. The van der Waals surface area contributed by atoms with Crippen molar-refractivity contribution in [2.45, 2.75) is 11.8 Å². The van der Waals surface area contributed by atoms with E-state index in [1.54, 1.807) is 18.2 Å². The van der Waals surface area contributed by atoms with Gasteiger partial charge in [0.2, 0.25) is 0 Å². The molecule has 0 radical (unpaired) electrons. The standard InChI is InChI=1S/C23H19ClN2O3S/c1-17-7-5-11-19(15-17)26-30(28,29)20-12-13-22(24)21(16-20)23(27)25-14-6-10-18-8-3-2-4-9-18/h2-5,7-9,11-13,15-16,26H,14H2,1H3,(H,25,27). The number of hydrogen-bond acceptors (Lipinski definition) is 3. The summed E-state index contributed by atoms with van der Waals surface area (Å²) in [5.41, 5.74) is 2.25. The van der Waals surface area contributed by atoms with Gasteiger partial charge in [0.1, 0.15) is 0 Å². The molecule has 5 nitrogen and oxygen atoms in total. The molecule has 2 N–H and O–H groups in total. The third kappa shape index (κ3) is 5.63. The summed E-state index contributed by atoms with van der Waals surface area (Å²) in [5, 5.41) is 2.78. The van der Waals surface area contributed by atoms with Gasteiger partial charge in [-0.3, -0.25) is 9.52 Å². The molecule has 0 saturated heterocycles. The number of carbonyl (C=O) groups is 1. The minimum atomic E-state index is -3.88. The molecule has 0 aliphatic carbocycles. The van der Waals surface area contributed by atoms with E-state index in [0.717, 1.165) is 11.1 Å². The highest BCUT2D eigenvalue weighted by atomic mass is 35.5. The van der Waals surface area contributed by atoms with Crippen LogP contribution in [0, 0.1) is 18.8 Å². The summed E-state index contributed by atoms with van der Waals surface area (Å²) in [6.45, 7) is 1.96. The molecule has 30 heavy (non-hydrogen) atoms. The van der Waals surface area contributed by atoms with E-state index < -0.39 is 15.9 Å². The van der Waals surface area contributed by atoms with Crippen molar-refractivity contribution in [1.82, 2.24) is 5.32 Å². The second-order valence-corrected chi connectivity index (χ2v) is 8.56. The molecule has 0 bridgehead atoms. The number of halogens is 1. The molecule has 0 atom stereocenters. The molecular formula is C23H19ClN2O3S. The zero-order chi connectivity index (χ0) is 21.6. The number of carbonyl (C=O) groups excluding carboxylic acids is 1. The first-order valence-electron chi connectivity index (χ1n) is 9.06. The first kappa shape index (κ1) is 21.4. The van der Waals surface area contributed by atoms with Crippen LogP contribution in [-0.4, -0.2) is 20.9 Å². The fraction of sp³-hybridized carbons (Fsp3) is 0.0870. The fourth-order valence-electron chi connectivity index (χ4n) is 2.66. The summed E-state index contributed by atoms with van der Waals surface area (Å²) in [5.74, 6) is 5.27. The highest BCUT2D eigenvalue weighted by molar-refractivity contribution is 7.92. The Morgan fingerprint density at radius 3 is 2.50 bits per heavy atom. The highest BCUT2D eigenvalue weighted by Crippen LogP contribution is 2.23. The van der Waals surface area contributed by atoms with Crippen molar-refractivity contribution in [3.8, 4) is 11.8 Å². The van der Waals surface area contributed by atoms with Gasteiger partial charge in [-0.1, -0.05) is 53.8 Å². The summed E-state index contributed by atoms with van der Waals surface area (Å²) in [6, 6.07) is 20.3. The van der Waals surface area contributed by atoms with E-state index in [2.05, 4.69) is 21.9 Å². The predicted molar refractivity (Wildman–Crippen MR) is 119 cm³/mol. The first-order valence-corrected chi connectivity index (χ1v) is 10.9. The minimum absolute atomic E-state index is 0.0605. The van der Waals surface area contributed by atoms with Gasteiger partial charge in [0.25, 0.3) is 15.9 Å². The lowest BCUT2D eigenvalue weighted by molar-refractivity contribution is 0.0958. The molecule has 0 heterocycles. The maximum Gasteiger partial charge on any atom is 0.261 e. The van der Waals surface area contributed by atoms with Crippen molar-refractivity contribution in [2.75, 3.05) is 11.3 Å². The lowest BCUT2D eigenvalue weighted by Gasteiger charge is -2.11. The normalized spacial score (nSPS) is 10.6. The quantitative estimate of drug-likeness (QED) is 0.585. The Balaban J connectivity index is 1.74. The molecule has 0 aromatic heterocycles.